The summed E-state index contributed by atoms with van der Waals surface area (Å²) in [5.41, 5.74) is 2.64. The highest BCUT2D eigenvalue weighted by Gasteiger charge is 2.28. The molecule has 5 nitrogen and oxygen atoms in total. The maximum absolute atomic E-state index is 12.7. The van der Waals surface area contributed by atoms with E-state index in [0.29, 0.717) is 11.4 Å². The predicted molar refractivity (Wildman–Crippen MR) is 94.8 cm³/mol. The zero-order chi connectivity index (χ0) is 16.9. The highest BCUT2D eigenvalue weighted by molar-refractivity contribution is 5.91. The Morgan fingerprint density at radius 1 is 1.42 bits per heavy atom. The number of urea groups is 1. The number of nitrogens with one attached hydrogen (secondary N) is 1. The summed E-state index contributed by atoms with van der Waals surface area (Å²) in [7, 11) is 0. The maximum atomic E-state index is 12.7. The van der Waals surface area contributed by atoms with E-state index in [-0.39, 0.29) is 12.1 Å². The molecule has 1 aliphatic rings. The van der Waals surface area contributed by atoms with Crippen LogP contribution in [0.25, 0.3) is 6.08 Å². The van der Waals surface area contributed by atoms with Crippen molar-refractivity contribution < 1.29 is 9.32 Å². The van der Waals surface area contributed by atoms with E-state index in [0.717, 1.165) is 37.1 Å². The zero-order valence-corrected chi connectivity index (χ0v) is 14.2. The molecule has 0 saturated carbocycles. The first-order chi connectivity index (χ1) is 11.7. The van der Waals surface area contributed by atoms with Crippen molar-refractivity contribution in [2.45, 2.75) is 39.2 Å². The molecular weight excluding hydrogens is 302 g/mol. The Morgan fingerprint density at radius 2 is 2.21 bits per heavy atom. The number of hydrogen-bond donors (Lipinski definition) is 1. The number of rotatable bonds is 4. The van der Waals surface area contributed by atoms with Gasteiger partial charge < -0.3 is 14.7 Å². The van der Waals surface area contributed by atoms with Crippen LogP contribution in [0.3, 0.4) is 0 Å². The van der Waals surface area contributed by atoms with Gasteiger partial charge in [0.15, 0.2) is 5.76 Å². The molecule has 1 fully saturated rings. The Bertz CT molecular complexity index is 721. The second kappa shape index (κ2) is 7.34. The summed E-state index contributed by atoms with van der Waals surface area (Å²) in [5, 5.41) is 6.96. The topological polar surface area (TPSA) is 58.4 Å². The van der Waals surface area contributed by atoms with E-state index in [2.05, 4.69) is 34.8 Å². The molecule has 3 rings (SSSR count). The number of amides is 2. The van der Waals surface area contributed by atoms with Crippen molar-refractivity contribution in [1.29, 1.82) is 0 Å². The van der Waals surface area contributed by atoms with Crippen LogP contribution in [0.2, 0.25) is 0 Å². The molecule has 5 heteroatoms. The van der Waals surface area contributed by atoms with E-state index in [4.69, 9.17) is 4.52 Å². The molecule has 1 saturated heterocycles. The minimum atomic E-state index is -0.0868. The Morgan fingerprint density at radius 3 is 2.96 bits per heavy atom. The van der Waals surface area contributed by atoms with E-state index in [9.17, 15) is 4.79 Å². The number of carbonyl (C=O) groups excluding carboxylic acids is 1. The highest BCUT2D eigenvalue weighted by atomic mass is 16.5. The molecular formula is C19H23N3O2. The molecule has 24 heavy (non-hydrogen) atoms. The third kappa shape index (κ3) is 3.50. The molecule has 2 aromatic rings. The molecule has 1 aliphatic heterocycles. The summed E-state index contributed by atoms with van der Waals surface area (Å²) in [5.74, 6) is 0.649. The van der Waals surface area contributed by atoms with Gasteiger partial charge >= 0.3 is 6.03 Å². The van der Waals surface area contributed by atoms with E-state index >= 15 is 0 Å². The van der Waals surface area contributed by atoms with Crippen LogP contribution in [0.1, 0.15) is 36.8 Å². The van der Waals surface area contributed by atoms with Crippen LogP contribution in [0, 0.1) is 6.92 Å². The number of benzene rings is 1. The van der Waals surface area contributed by atoms with Crippen LogP contribution >= 0.6 is 0 Å². The molecule has 126 valence electrons. The van der Waals surface area contributed by atoms with E-state index in [1.54, 1.807) is 0 Å². The van der Waals surface area contributed by atoms with Gasteiger partial charge in [-0.2, -0.15) is 0 Å². The van der Waals surface area contributed by atoms with Gasteiger partial charge in [-0.1, -0.05) is 54.6 Å². The van der Waals surface area contributed by atoms with Gasteiger partial charge in [0.25, 0.3) is 0 Å². The molecule has 2 heterocycles. The van der Waals surface area contributed by atoms with Crippen LogP contribution in [0.5, 0.6) is 0 Å². The van der Waals surface area contributed by atoms with Crippen LogP contribution < -0.4 is 5.32 Å². The Labute approximate surface area is 142 Å². The summed E-state index contributed by atoms with van der Waals surface area (Å²) >= 11 is 0. The van der Waals surface area contributed by atoms with Crippen molar-refractivity contribution in [3.8, 4) is 0 Å². The monoisotopic (exact) mass is 325 g/mol. The molecule has 1 aromatic heterocycles. The minimum absolute atomic E-state index is 0.0868. The lowest BCUT2D eigenvalue weighted by Gasteiger charge is -2.22. The van der Waals surface area contributed by atoms with Crippen LogP contribution in [-0.2, 0) is 6.42 Å². The number of carbonyl (C=O) groups is 1. The molecule has 1 unspecified atom stereocenters. The summed E-state index contributed by atoms with van der Waals surface area (Å²) in [6.07, 6.45) is 6.92. The Kier molecular flexibility index (Phi) is 4.99. The van der Waals surface area contributed by atoms with E-state index in [1.165, 1.54) is 0 Å². The lowest BCUT2D eigenvalue weighted by molar-refractivity contribution is 0.214. The smallest absolute Gasteiger partial charge is 0.322 e. The number of aryl methyl sites for hydroxylation is 2. The maximum Gasteiger partial charge on any atom is 0.322 e. The van der Waals surface area contributed by atoms with Gasteiger partial charge in [-0.05, 0) is 31.7 Å². The molecule has 0 spiro atoms. The standard InChI is InChI=1S/C19H23N3O2/c1-3-17-18(14(2)24-21-17)20-19(23)22-13-7-10-16(22)12-11-15-8-5-4-6-9-15/h4-6,8-9,11-12,16H,3,7,10,13H2,1-2H3,(H,20,23)/b12-11+. The molecule has 0 aliphatic carbocycles. The summed E-state index contributed by atoms with van der Waals surface area (Å²) < 4.78 is 5.19. The SMILES string of the molecule is CCc1noc(C)c1NC(=O)N1CCCC1/C=C/c1ccccc1. The lowest BCUT2D eigenvalue weighted by Crippen LogP contribution is -2.38. The van der Waals surface area contributed by atoms with Crippen molar-refractivity contribution in [1.82, 2.24) is 10.1 Å². The molecule has 0 bridgehead atoms. The fourth-order valence-electron chi connectivity index (χ4n) is 3.03. The third-order valence-corrected chi connectivity index (χ3v) is 4.37. The van der Waals surface area contributed by atoms with Crippen molar-refractivity contribution in [2.24, 2.45) is 0 Å². The van der Waals surface area contributed by atoms with Gasteiger partial charge in [0, 0.05) is 6.54 Å². The fourth-order valence-corrected chi connectivity index (χ4v) is 3.03. The second-order valence-electron chi connectivity index (χ2n) is 6.02. The van der Waals surface area contributed by atoms with Gasteiger partial charge in [0.05, 0.1) is 6.04 Å². The van der Waals surface area contributed by atoms with Crippen molar-refractivity contribution in [2.75, 3.05) is 11.9 Å². The average Bonchev–Trinajstić information content (AvgIpc) is 3.21. The molecule has 1 N–H and O–H groups in total. The number of hydrogen-bond acceptors (Lipinski definition) is 3. The highest BCUT2D eigenvalue weighted by Crippen LogP contribution is 2.24. The largest absolute Gasteiger partial charge is 0.359 e. The van der Waals surface area contributed by atoms with Crippen LogP contribution in [-0.4, -0.2) is 28.7 Å². The van der Waals surface area contributed by atoms with Crippen molar-refractivity contribution >= 4 is 17.8 Å². The Hall–Kier alpha value is -2.56. The Balaban J connectivity index is 1.69. The lowest BCUT2D eigenvalue weighted by atomic mass is 10.1. The van der Waals surface area contributed by atoms with Gasteiger partial charge in [0.1, 0.15) is 11.4 Å². The van der Waals surface area contributed by atoms with Crippen LogP contribution in [0.4, 0.5) is 10.5 Å². The van der Waals surface area contributed by atoms with Gasteiger partial charge in [-0.25, -0.2) is 4.79 Å². The normalized spacial score (nSPS) is 17.6. The summed E-state index contributed by atoms with van der Waals surface area (Å²) in [6.45, 7) is 4.58. The zero-order valence-electron chi connectivity index (χ0n) is 14.2. The van der Waals surface area contributed by atoms with Crippen molar-refractivity contribution in [3.63, 3.8) is 0 Å². The van der Waals surface area contributed by atoms with Crippen molar-refractivity contribution in [3.05, 3.63) is 53.4 Å². The van der Waals surface area contributed by atoms with E-state index < -0.39 is 0 Å². The molecule has 2 amide bonds. The minimum Gasteiger partial charge on any atom is -0.359 e. The molecule has 0 radical (unpaired) electrons. The third-order valence-electron chi connectivity index (χ3n) is 4.37. The first-order valence-corrected chi connectivity index (χ1v) is 8.45. The molecule has 1 aromatic carbocycles. The first-order valence-electron chi connectivity index (χ1n) is 8.45. The fraction of sp³-hybridized carbons (Fsp3) is 0.368. The quantitative estimate of drug-likeness (QED) is 0.914. The number of anilines is 1. The number of aromatic nitrogens is 1. The van der Waals surface area contributed by atoms with Crippen LogP contribution in [0.15, 0.2) is 40.9 Å². The van der Waals surface area contributed by atoms with Gasteiger partial charge in [-0.15, -0.1) is 0 Å². The molecule has 1 atom stereocenters. The van der Waals surface area contributed by atoms with E-state index in [1.807, 2.05) is 36.9 Å². The second-order valence-corrected chi connectivity index (χ2v) is 6.02. The number of nitrogens with zero attached hydrogens (tertiary/aromatic N) is 2. The van der Waals surface area contributed by atoms with Gasteiger partial charge in [-0.3, -0.25) is 0 Å². The predicted octanol–water partition coefficient (Wildman–Crippen LogP) is 4.26. The number of likely N-dealkylation sites (tertiary alicyclic amines) is 1. The average molecular weight is 325 g/mol. The summed E-state index contributed by atoms with van der Waals surface area (Å²) in [4.78, 5) is 14.5. The van der Waals surface area contributed by atoms with Gasteiger partial charge in [0.2, 0.25) is 0 Å². The summed E-state index contributed by atoms with van der Waals surface area (Å²) in [6, 6.07) is 10.2. The first kappa shape index (κ1) is 16.3.